The molecular weight excluding hydrogens is 498 g/mol. The standard InChI is InChI=1S/C16H18N2O6.C10H13NO3/c1-3-23-16(21)13-14(19)18(10-17-13)8-9-24-12-6-4-11(5-7-12)15(20)22-2;1-13-10(12)8-2-4-9(5-3-8)14-7-6-11/h4-7,10,19H,3,8-9H2,1-2H3;2-5H,6-7,11H2,1H3. The molecule has 0 aliphatic rings. The molecule has 12 nitrogen and oxygen atoms in total. The second-order valence-corrected chi connectivity index (χ2v) is 7.35. The van der Waals surface area contributed by atoms with Crippen LogP contribution in [0.2, 0.25) is 0 Å². The van der Waals surface area contributed by atoms with E-state index in [4.69, 9.17) is 19.9 Å². The second-order valence-electron chi connectivity index (χ2n) is 7.35. The largest absolute Gasteiger partial charge is 0.493 e. The fraction of sp³-hybridized carbons (Fsp3) is 0.308. The fourth-order valence-corrected chi connectivity index (χ4v) is 2.93. The molecule has 0 aliphatic carbocycles. The molecule has 204 valence electrons. The highest BCUT2D eigenvalue weighted by atomic mass is 16.5. The van der Waals surface area contributed by atoms with E-state index in [1.54, 1.807) is 55.5 Å². The minimum Gasteiger partial charge on any atom is -0.493 e. The van der Waals surface area contributed by atoms with Gasteiger partial charge >= 0.3 is 17.9 Å². The molecule has 0 aliphatic heterocycles. The van der Waals surface area contributed by atoms with Crippen molar-refractivity contribution in [3.8, 4) is 17.4 Å². The van der Waals surface area contributed by atoms with E-state index in [0.29, 0.717) is 35.8 Å². The zero-order valence-corrected chi connectivity index (χ0v) is 21.4. The number of esters is 3. The first kappa shape index (κ1) is 29.6. The molecule has 1 heterocycles. The Morgan fingerprint density at radius 1 is 0.842 bits per heavy atom. The SMILES string of the molecule is CCOC(=O)c1ncn(CCOc2ccc(C(=O)OC)cc2)c1O.COC(=O)c1ccc(OCCN)cc1. The van der Waals surface area contributed by atoms with E-state index < -0.39 is 11.9 Å². The Hall–Kier alpha value is -4.58. The van der Waals surface area contributed by atoms with E-state index in [1.165, 1.54) is 25.1 Å². The van der Waals surface area contributed by atoms with Gasteiger partial charge in [-0.15, -0.1) is 0 Å². The van der Waals surface area contributed by atoms with Gasteiger partial charge in [-0.2, -0.15) is 0 Å². The highest BCUT2D eigenvalue weighted by Crippen LogP contribution is 2.17. The van der Waals surface area contributed by atoms with Crippen molar-refractivity contribution >= 4 is 17.9 Å². The molecular formula is C26H31N3O9. The van der Waals surface area contributed by atoms with Crippen LogP contribution in [0.15, 0.2) is 54.9 Å². The highest BCUT2D eigenvalue weighted by Gasteiger charge is 2.18. The van der Waals surface area contributed by atoms with Crippen LogP contribution in [0.3, 0.4) is 0 Å². The Morgan fingerprint density at radius 3 is 1.79 bits per heavy atom. The van der Waals surface area contributed by atoms with Crippen LogP contribution in [0.4, 0.5) is 0 Å². The predicted octanol–water partition coefficient (Wildman–Crippen LogP) is 2.44. The van der Waals surface area contributed by atoms with Crippen LogP contribution in [-0.2, 0) is 20.8 Å². The summed E-state index contributed by atoms with van der Waals surface area (Å²) in [7, 11) is 2.66. The Morgan fingerprint density at radius 2 is 1.34 bits per heavy atom. The quantitative estimate of drug-likeness (QED) is 0.277. The van der Waals surface area contributed by atoms with Crippen molar-refractivity contribution < 1.29 is 43.2 Å². The lowest BCUT2D eigenvalue weighted by atomic mass is 10.2. The van der Waals surface area contributed by atoms with Crippen LogP contribution in [-0.4, -0.2) is 73.2 Å². The van der Waals surface area contributed by atoms with Gasteiger partial charge in [0.05, 0.1) is 44.8 Å². The van der Waals surface area contributed by atoms with Crippen molar-refractivity contribution in [2.75, 3.05) is 40.6 Å². The molecule has 0 saturated carbocycles. The van der Waals surface area contributed by atoms with Crippen molar-refractivity contribution in [3.63, 3.8) is 0 Å². The lowest BCUT2D eigenvalue weighted by Crippen LogP contribution is -2.10. The molecule has 3 rings (SSSR count). The number of ether oxygens (including phenoxy) is 5. The van der Waals surface area contributed by atoms with Crippen molar-refractivity contribution in [2.45, 2.75) is 13.5 Å². The molecule has 0 saturated heterocycles. The number of carbonyl (C=O) groups excluding carboxylic acids is 3. The molecule has 3 N–H and O–H groups in total. The number of nitrogens with two attached hydrogens (primary N) is 1. The molecule has 2 aromatic carbocycles. The summed E-state index contributed by atoms with van der Waals surface area (Å²) in [4.78, 5) is 37.8. The van der Waals surface area contributed by atoms with E-state index in [0.717, 1.165) is 0 Å². The minimum atomic E-state index is -0.673. The molecule has 0 spiro atoms. The van der Waals surface area contributed by atoms with Gasteiger partial charge in [0.1, 0.15) is 24.7 Å². The smallest absolute Gasteiger partial charge is 0.362 e. The summed E-state index contributed by atoms with van der Waals surface area (Å²) in [6.07, 6.45) is 1.34. The van der Waals surface area contributed by atoms with Gasteiger partial charge in [0.2, 0.25) is 11.6 Å². The van der Waals surface area contributed by atoms with Crippen molar-refractivity contribution in [1.29, 1.82) is 0 Å². The Labute approximate surface area is 219 Å². The number of methoxy groups -OCH3 is 2. The zero-order valence-electron chi connectivity index (χ0n) is 21.4. The average molecular weight is 530 g/mol. The molecule has 0 atom stereocenters. The normalized spacial score (nSPS) is 10.0. The van der Waals surface area contributed by atoms with Crippen molar-refractivity contribution in [1.82, 2.24) is 9.55 Å². The minimum absolute atomic E-state index is 0.126. The van der Waals surface area contributed by atoms with E-state index in [9.17, 15) is 19.5 Å². The number of aromatic nitrogens is 2. The summed E-state index contributed by atoms with van der Waals surface area (Å²) in [6.45, 7) is 3.35. The maximum atomic E-state index is 11.6. The molecule has 3 aromatic rings. The summed E-state index contributed by atoms with van der Waals surface area (Å²) in [5, 5.41) is 9.94. The molecule has 1 aromatic heterocycles. The van der Waals surface area contributed by atoms with Gasteiger partial charge in [0.15, 0.2) is 0 Å². The van der Waals surface area contributed by atoms with Crippen LogP contribution in [0.1, 0.15) is 38.1 Å². The Bertz CT molecular complexity index is 1180. The number of rotatable bonds is 11. The molecule has 0 unspecified atom stereocenters. The monoisotopic (exact) mass is 529 g/mol. The Kier molecular flexibility index (Phi) is 12.1. The van der Waals surface area contributed by atoms with Crippen LogP contribution in [0, 0.1) is 0 Å². The summed E-state index contributed by atoms with van der Waals surface area (Å²) in [6, 6.07) is 13.2. The molecule has 0 amide bonds. The number of hydrogen-bond donors (Lipinski definition) is 2. The third-order valence-electron chi connectivity index (χ3n) is 4.82. The molecule has 38 heavy (non-hydrogen) atoms. The van der Waals surface area contributed by atoms with Gasteiger partial charge in [0.25, 0.3) is 0 Å². The number of nitrogens with zero attached hydrogens (tertiary/aromatic N) is 2. The summed E-state index contributed by atoms with van der Waals surface area (Å²) in [5.74, 6) is -0.450. The van der Waals surface area contributed by atoms with E-state index in [2.05, 4.69) is 14.5 Å². The van der Waals surface area contributed by atoms with Gasteiger partial charge in [-0.1, -0.05) is 0 Å². The summed E-state index contributed by atoms with van der Waals surface area (Å²) in [5.41, 5.74) is 6.09. The summed E-state index contributed by atoms with van der Waals surface area (Å²) >= 11 is 0. The lowest BCUT2D eigenvalue weighted by Gasteiger charge is -2.08. The molecule has 0 bridgehead atoms. The first-order valence-corrected chi connectivity index (χ1v) is 11.6. The highest BCUT2D eigenvalue weighted by molar-refractivity contribution is 5.90. The van der Waals surface area contributed by atoms with Gasteiger partial charge in [-0.25, -0.2) is 19.4 Å². The van der Waals surface area contributed by atoms with E-state index in [1.807, 2.05) is 0 Å². The molecule has 12 heteroatoms. The fourth-order valence-electron chi connectivity index (χ4n) is 2.93. The lowest BCUT2D eigenvalue weighted by molar-refractivity contribution is 0.0514. The van der Waals surface area contributed by atoms with Crippen molar-refractivity contribution in [3.05, 3.63) is 71.7 Å². The van der Waals surface area contributed by atoms with Crippen LogP contribution in [0.5, 0.6) is 17.4 Å². The number of benzene rings is 2. The van der Waals surface area contributed by atoms with Gasteiger partial charge < -0.3 is 34.5 Å². The Balaban J connectivity index is 0.000000308. The third-order valence-corrected chi connectivity index (χ3v) is 4.82. The van der Waals surface area contributed by atoms with Crippen LogP contribution >= 0.6 is 0 Å². The number of carbonyl (C=O) groups is 3. The second kappa shape index (κ2) is 15.5. The van der Waals surface area contributed by atoms with E-state index in [-0.39, 0.29) is 37.3 Å². The third kappa shape index (κ3) is 8.82. The van der Waals surface area contributed by atoms with Crippen molar-refractivity contribution in [2.24, 2.45) is 5.73 Å². The number of hydrogen-bond acceptors (Lipinski definition) is 11. The maximum absolute atomic E-state index is 11.6. The van der Waals surface area contributed by atoms with Crippen LogP contribution < -0.4 is 15.2 Å². The number of imidazole rings is 1. The van der Waals surface area contributed by atoms with Gasteiger partial charge in [-0.05, 0) is 55.5 Å². The molecule has 0 radical (unpaired) electrons. The maximum Gasteiger partial charge on any atom is 0.362 e. The average Bonchev–Trinajstić information content (AvgIpc) is 3.32. The van der Waals surface area contributed by atoms with Crippen LogP contribution in [0.25, 0.3) is 0 Å². The predicted molar refractivity (Wildman–Crippen MR) is 135 cm³/mol. The molecule has 0 fully saturated rings. The number of aromatic hydroxyl groups is 1. The first-order valence-electron chi connectivity index (χ1n) is 11.6. The van der Waals surface area contributed by atoms with Gasteiger partial charge in [0, 0.05) is 6.54 Å². The zero-order chi connectivity index (χ0) is 27.9. The van der Waals surface area contributed by atoms with Gasteiger partial charge in [-0.3, -0.25) is 4.57 Å². The topological polar surface area (TPSA) is 161 Å². The van der Waals surface area contributed by atoms with E-state index >= 15 is 0 Å². The first-order chi connectivity index (χ1) is 18.3. The summed E-state index contributed by atoms with van der Waals surface area (Å²) < 4.78 is 26.1.